The summed E-state index contributed by atoms with van der Waals surface area (Å²) in [5.41, 5.74) is 1.61. The summed E-state index contributed by atoms with van der Waals surface area (Å²) in [5, 5.41) is 0.524. The first-order chi connectivity index (χ1) is 8.66. The van der Waals surface area contributed by atoms with Crippen molar-refractivity contribution >= 4 is 15.2 Å². The largest absolute Gasteiger partial charge is 0.0989 e. The zero-order valence-corrected chi connectivity index (χ0v) is 14.8. The van der Waals surface area contributed by atoms with Gasteiger partial charge in [0.05, 0.1) is 0 Å². The van der Waals surface area contributed by atoms with E-state index in [0.717, 1.165) is 0 Å². The van der Waals surface area contributed by atoms with E-state index in [1.165, 1.54) is 50.8 Å². The molecule has 2 atom stereocenters. The summed E-state index contributed by atoms with van der Waals surface area (Å²) in [6.07, 6.45) is 12.7. The maximum absolute atomic E-state index is 4.55. The summed E-state index contributed by atoms with van der Waals surface area (Å²) in [4.78, 5) is 0. The van der Waals surface area contributed by atoms with E-state index in [-0.39, 0.29) is 15.2 Å². The number of rotatable bonds is 4. The van der Waals surface area contributed by atoms with Crippen molar-refractivity contribution in [3.05, 3.63) is 12.2 Å². The van der Waals surface area contributed by atoms with Crippen LogP contribution in [-0.2, 0) is 0 Å². The van der Waals surface area contributed by atoms with E-state index in [9.17, 15) is 0 Å². The van der Waals surface area contributed by atoms with Crippen LogP contribution in [0.15, 0.2) is 12.2 Å². The second-order valence-corrected chi connectivity index (χ2v) is 12.9. The van der Waals surface area contributed by atoms with E-state index in [4.69, 9.17) is 0 Å². The SMILES string of the molecule is C=C1CCCCCP(CC)P(CC)C1(CC)CC. The van der Waals surface area contributed by atoms with Crippen LogP contribution >= 0.6 is 15.2 Å². The molecule has 2 heteroatoms. The van der Waals surface area contributed by atoms with Crippen molar-refractivity contribution in [3.63, 3.8) is 0 Å². The van der Waals surface area contributed by atoms with E-state index in [1.54, 1.807) is 11.7 Å². The van der Waals surface area contributed by atoms with Crippen LogP contribution in [-0.4, -0.2) is 23.6 Å². The fraction of sp³-hybridized carbons (Fsp3) is 0.875. The minimum absolute atomic E-state index is 0.184. The lowest BCUT2D eigenvalue weighted by Crippen LogP contribution is -2.28. The maximum Gasteiger partial charge on any atom is 0.0144 e. The number of allylic oxidation sites excluding steroid dienone is 1. The smallest absolute Gasteiger partial charge is 0.0144 e. The Morgan fingerprint density at radius 2 is 1.67 bits per heavy atom. The first-order valence-corrected chi connectivity index (χ1v) is 11.8. The van der Waals surface area contributed by atoms with Crippen LogP contribution in [0.2, 0.25) is 0 Å². The lowest BCUT2D eigenvalue weighted by Gasteiger charge is -2.45. The van der Waals surface area contributed by atoms with Gasteiger partial charge in [-0.25, -0.2) is 0 Å². The zero-order valence-electron chi connectivity index (χ0n) is 13.0. The van der Waals surface area contributed by atoms with Crippen LogP contribution in [0.1, 0.15) is 66.2 Å². The fourth-order valence-electron chi connectivity index (χ4n) is 3.56. The van der Waals surface area contributed by atoms with E-state index < -0.39 is 0 Å². The minimum Gasteiger partial charge on any atom is -0.0989 e. The van der Waals surface area contributed by atoms with Crippen molar-refractivity contribution in [1.29, 1.82) is 0 Å². The van der Waals surface area contributed by atoms with Gasteiger partial charge in [0.1, 0.15) is 0 Å². The summed E-state index contributed by atoms with van der Waals surface area (Å²) in [6, 6.07) is 0. The first kappa shape index (κ1) is 16.7. The highest BCUT2D eigenvalue weighted by atomic mass is 32.1. The van der Waals surface area contributed by atoms with Gasteiger partial charge >= 0.3 is 0 Å². The molecule has 1 fully saturated rings. The predicted octanol–water partition coefficient (Wildman–Crippen LogP) is 6.59. The maximum atomic E-state index is 4.55. The molecule has 2 unspecified atom stereocenters. The molecule has 1 aliphatic rings. The summed E-state index contributed by atoms with van der Waals surface area (Å²) in [5.74, 6) is 0. The van der Waals surface area contributed by atoms with E-state index in [2.05, 4.69) is 34.3 Å². The van der Waals surface area contributed by atoms with E-state index in [1.807, 2.05) is 0 Å². The van der Waals surface area contributed by atoms with Crippen LogP contribution in [0.4, 0.5) is 0 Å². The highest BCUT2D eigenvalue weighted by Crippen LogP contribution is 2.78. The Balaban J connectivity index is 3.10. The molecule has 0 nitrogen and oxygen atoms in total. The molecule has 1 rings (SSSR count). The molecular weight excluding hydrogens is 254 g/mol. The van der Waals surface area contributed by atoms with Crippen LogP contribution in [0, 0.1) is 0 Å². The molecule has 0 bridgehead atoms. The second kappa shape index (κ2) is 8.01. The highest BCUT2D eigenvalue weighted by Gasteiger charge is 2.40. The highest BCUT2D eigenvalue weighted by molar-refractivity contribution is 8.30. The van der Waals surface area contributed by atoms with Gasteiger partial charge < -0.3 is 0 Å². The average Bonchev–Trinajstić information content (AvgIpc) is 2.46. The lowest BCUT2D eigenvalue weighted by atomic mass is 9.90. The van der Waals surface area contributed by atoms with Gasteiger partial charge in [-0.1, -0.05) is 61.5 Å². The van der Waals surface area contributed by atoms with Crippen molar-refractivity contribution in [1.82, 2.24) is 0 Å². The molecule has 1 saturated heterocycles. The number of hydrogen-bond donors (Lipinski definition) is 0. The van der Waals surface area contributed by atoms with Crippen LogP contribution in [0.3, 0.4) is 0 Å². The predicted molar refractivity (Wildman–Crippen MR) is 90.7 cm³/mol. The van der Waals surface area contributed by atoms with Gasteiger partial charge in [0.15, 0.2) is 0 Å². The van der Waals surface area contributed by atoms with Gasteiger partial charge in [-0.15, -0.1) is 0 Å². The summed E-state index contributed by atoms with van der Waals surface area (Å²) < 4.78 is 0. The fourth-order valence-corrected chi connectivity index (χ4v) is 14.1. The third kappa shape index (κ3) is 3.37. The molecule has 18 heavy (non-hydrogen) atoms. The van der Waals surface area contributed by atoms with Gasteiger partial charge in [0, 0.05) is 5.16 Å². The quantitative estimate of drug-likeness (QED) is 0.403. The van der Waals surface area contributed by atoms with Crippen LogP contribution in [0.5, 0.6) is 0 Å². The van der Waals surface area contributed by atoms with E-state index >= 15 is 0 Å². The average molecular weight is 286 g/mol. The Hall–Kier alpha value is 0.600. The van der Waals surface area contributed by atoms with Crippen molar-refractivity contribution in [2.24, 2.45) is 0 Å². The molecule has 0 radical (unpaired) electrons. The molecule has 0 aromatic carbocycles. The second-order valence-electron chi connectivity index (χ2n) is 5.41. The van der Waals surface area contributed by atoms with Crippen molar-refractivity contribution in [3.8, 4) is 0 Å². The Morgan fingerprint density at radius 3 is 2.17 bits per heavy atom. The molecule has 0 aromatic heterocycles. The molecule has 0 spiro atoms. The van der Waals surface area contributed by atoms with Crippen LogP contribution in [0.25, 0.3) is 0 Å². The Bertz CT molecular complexity index is 256. The Labute approximate surface area is 117 Å². The summed E-state index contributed by atoms with van der Waals surface area (Å²) in [7, 11) is 0.468. The third-order valence-corrected chi connectivity index (χ3v) is 15.0. The Kier molecular flexibility index (Phi) is 7.41. The van der Waals surface area contributed by atoms with Gasteiger partial charge in [-0.3, -0.25) is 0 Å². The molecule has 106 valence electrons. The molecule has 1 aliphatic heterocycles. The monoisotopic (exact) mass is 286 g/mol. The molecule has 0 aliphatic carbocycles. The third-order valence-electron chi connectivity index (χ3n) is 4.72. The summed E-state index contributed by atoms with van der Waals surface area (Å²) in [6.45, 7) is 14.3. The van der Waals surface area contributed by atoms with Crippen LogP contribution < -0.4 is 0 Å². The van der Waals surface area contributed by atoms with Gasteiger partial charge in [-0.2, -0.15) is 0 Å². The standard InChI is InChI=1S/C16H32P2/c1-6-16(7-2)15(5)13-11-10-12-14-17(8-3)18(16)9-4/h5-14H2,1-4H3. The Morgan fingerprint density at radius 1 is 1.00 bits per heavy atom. The topological polar surface area (TPSA) is 0 Å². The molecule has 0 amide bonds. The molecule has 0 saturated carbocycles. The van der Waals surface area contributed by atoms with Gasteiger partial charge in [0.25, 0.3) is 0 Å². The molecule has 1 heterocycles. The van der Waals surface area contributed by atoms with Gasteiger partial charge in [0.2, 0.25) is 0 Å². The molecule has 0 aromatic rings. The van der Waals surface area contributed by atoms with Crippen molar-refractivity contribution in [2.75, 3.05) is 18.5 Å². The number of hydrogen-bond acceptors (Lipinski definition) is 0. The normalized spacial score (nSPS) is 29.4. The summed E-state index contributed by atoms with van der Waals surface area (Å²) >= 11 is 0. The van der Waals surface area contributed by atoms with Crippen molar-refractivity contribution in [2.45, 2.75) is 71.4 Å². The minimum atomic E-state index is 0.184. The molecular formula is C16H32P2. The zero-order chi connectivity index (χ0) is 13.6. The molecule has 0 N–H and O–H groups in total. The lowest BCUT2D eigenvalue weighted by molar-refractivity contribution is 0.579. The van der Waals surface area contributed by atoms with E-state index in [0.29, 0.717) is 5.16 Å². The first-order valence-electron chi connectivity index (χ1n) is 7.86. The van der Waals surface area contributed by atoms with Gasteiger partial charge in [-0.05, 0) is 50.6 Å². The van der Waals surface area contributed by atoms with Crippen molar-refractivity contribution < 1.29 is 0 Å².